The topological polar surface area (TPSA) is 96.4 Å². The van der Waals surface area contributed by atoms with Gasteiger partial charge in [0.2, 0.25) is 10.0 Å². The Bertz CT molecular complexity index is 750. The maximum Gasteiger partial charge on any atom is 0.345 e. The van der Waals surface area contributed by atoms with Crippen molar-refractivity contribution >= 4 is 54.6 Å². The summed E-state index contributed by atoms with van der Waals surface area (Å²) < 4.78 is 26.9. The van der Waals surface area contributed by atoms with Crippen LogP contribution < -0.4 is 4.72 Å². The van der Waals surface area contributed by atoms with Crippen LogP contribution in [0.25, 0.3) is 0 Å². The highest BCUT2D eigenvalue weighted by atomic mass is 79.9. The average Bonchev–Trinajstić information content (AvgIpc) is 2.93. The fraction of sp³-hybridized carbons (Fsp3) is 0.200. The van der Waals surface area contributed by atoms with Gasteiger partial charge >= 0.3 is 5.97 Å². The molecule has 20 heavy (non-hydrogen) atoms. The summed E-state index contributed by atoms with van der Waals surface area (Å²) in [6.45, 7) is 1.95. The summed E-state index contributed by atoms with van der Waals surface area (Å²) in [5.41, 5.74) is 0. The number of halogens is 1. The molecule has 2 aromatic heterocycles. The highest BCUT2D eigenvalue weighted by Gasteiger charge is 2.23. The number of carbonyl (C=O) groups is 1. The Morgan fingerprint density at radius 3 is 2.70 bits per heavy atom. The second-order valence-corrected chi connectivity index (χ2v) is 9.15. The van der Waals surface area contributed by atoms with Gasteiger partial charge in [0.1, 0.15) is 9.77 Å². The molecule has 0 spiro atoms. The van der Waals surface area contributed by atoms with Gasteiger partial charge < -0.3 is 5.11 Å². The molecule has 0 aromatic carbocycles. The van der Waals surface area contributed by atoms with E-state index in [4.69, 9.17) is 5.11 Å². The fourth-order valence-corrected chi connectivity index (χ4v) is 5.61. The summed E-state index contributed by atoms with van der Waals surface area (Å²) in [5.74, 6) is -1.16. The summed E-state index contributed by atoms with van der Waals surface area (Å²) in [5, 5.41) is 9.72. The minimum absolute atomic E-state index is 0.0362. The Hall–Kier alpha value is -0.810. The molecule has 0 bridgehead atoms. The van der Waals surface area contributed by atoms with Crippen molar-refractivity contribution in [2.45, 2.75) is 18.4 Å². The maximum atomic E-state index is 12.1. The first-order valence-electron chi connectivity index (χ1n) is 5.23. The summed E-state index contributed by atoms with van der Waals surface area (Å²) in [6, 6.07) is 1.14. The molecule has 0 radical (unpaired) electrons. The SMILES string of the molecule is Cc1ncc(CNS(=O)(=O)c2cc(C(=O)O)sc2Br)s1. The van der Waals surface area contributed by atoms with E-state index in [9.17, 15) is 13.2 Å². The highest BCUT2D eigenvalue weighted by molar-refractivity contribution is 9.11. The van der Waals surface area contributed by atoms with Crippen molar-refractivity contribution in [2.75, 3.05) is 0 Å². The van der Waals surface area contributed by atoms with Gasteiger partial charge in [-0.2, -0.15) is 0 Å². The zero-order valence-corrected chi connectivity index (χ0v) is 14.1. The molecule has 0 atom stereocenters. The third-order valence-corrected chi connectivity index (χ3v) is 6.82. The van der Waals surface area contributed by atoms with E-state index >= 15 is 0 Å². The number of sulfonamides is 1. The number of carboxylic acids is 1. The maximum absolute atomic E-state index is 12.1. The lowest BCUT2D eigenvalue weighted by molar-refractivity contribution is 0.0702. The molecule has 10 heteroatoms. The first kappa shape index (κ1) is 15.6. The quantitative estimate of drug-likeness (QED) is 0.808. The number of rotatable bonds is 5. The second-order valence-electron chi connectivity index (χ2n) is 3.72. The van der Waals surface area contributed by atoms with Gasteiger partial charge in [-0.25, -0.2) is 22.9 Å². The van der Waals surface area contributed by atoms with E-state index in [-0.39, 0.29) is 20.1 Å². The third kappa shape index (κ3) is 3.44. The Morgan fingerprint density at radius 2 is 2.20 bits per heavy atom. The normalized spacial score (nSPS) is 11.7. The standard InChI is InChI=1S/C10H9BrN2O4S3/c1-5-12-3-6(18-5)4-13-20(16,17)8-2-7(10(14)15)19-9(8)11/h2-3,13H,4H2,1H3,(H,14,15). The van der Waals surface area contributed by atoms with Gasteiger partial charge in [-0.3, -0.25) is 0 Å². The molecule has 6 nitrogen and oxygen atoms in total. The summed E-state index contributed by atoms with van der Waals surface area (Å²) in [4.78, 5) is 15.6. The van der Waals surface area contributed by atoms with E-state index in [0.717, 1.165) is 27.3 Å². The molecule has 0 amide bonds. The molecule has 0 aliphatic rings. The van der Waals surface area contributed by atoms with Crippen LogP contribution in [-0.4, -0.2) is 24.5 Å². The van der Waals surface area contributed by atoms with Gasteiger partial charge in [-0.15, -0.1) is 22.7 Å². The van der Waals surface area contributed by atoms with Gasteiger partial charge in [0.05, 0.1) is 8.79 Å². The first-order valence-corrected chi connectivity index (χ1v) is 9.14. The Balaban J connectivity index is 2.20. The Kier molecular flexibility index (Phi) is 4.59. The lowest BCUT2D eigenvalue weighted by Crippen LogP contribution is -2.22. The number of carboxylic acid groups (broad SMARTS) is 1. The molecule has 0 fully saturated rings. The number of hydrogen-bond acceptors (Lipinski definition) is 6. The van der Waals surface area contributed by atoms with Crippen molar-refractivity contribution in [1.82, 2.24) is 9.71 Å². The first-order chi connectivity index (χ1) is 9.29. The van der Waals surface area contributed by atoms with Gasteiger partial charge in [0, 0.05) is 17.6 Å². The molecular weight excluding hydrogens is 388 g/mol. The molecule has 0 saturated heterocycles. The predicted octanol–water partition coefficient (Wildman–Crippen LogP) is 2.45. The molecule has 0 aliphatic carbocycles. The van der Waals surface area contributed by atoms with Crippen molar-refractivity contribution in [1.29, 1.82) is 0 Å². The number of nitrogens with zero attached hydrogens (tertiary/aromatic N) is 1. The smallest absolute Gasteiger partial charge is 0.345 e. The van der Waals surface area contributed by atoms with Gasteiger partial charge in [0.25, 0.3) is 0 Å². The molecule has 2 rings (SSSR count). The average molecular weight is 397 g/mol. The van der Waals surface area contributed by atoms with Gasteiger partial charge in [-0.05, 0) is 28.9 Å². The van der Waals surface area contributed by atoms with Crippen LogP contribution in [0.2, 0.25) is 0 Å². The molecule has 2 aromatic rings. The number of nitrogens with one attached hydrogen (secondary N) is 1. The second kappa shape index (κ2) is 5.90. The zero-order valence-electron chi connectivity index (χ0n) is 10.1. The summed E-state index contributed by atoms with van der Waals surface area (Å²) in [7, 11) is -3.76. The van der Waals surface area contributed by atoms with Crippen LogP contribution in [-0.2, 0) is 16.6 Å². The van der Waals surface area contributed by atoms with Crippen LogP contribution in [0.15, 0.2) is 20.9 Å². The van der Waals surface area contributed by atoms with Crippen molar-refractivity contribution in [2.24, 2.45) is 0 Å². The van der Waals surface area contributed by atoms with Gasteiger partial charge in [0.15, 0.2) is 0 Å². The van der Waals surface area contributed by atoms with Crippen LogP contribution in [0, 0.1) is 6.92 Å². The zero-order chi connectivity index (χ0) is 14.9. The number of thiophene rings is 1. The molecule has 2 N–H and O–H groups in total. The Labute approximate surface area is 131 Å². The van der Waals surface area contributed by atoms with Crippen LogP contribution in [0.1, 0.15) is 19.6 Å². The number of thiazole rings is 1. The monoisotopic (exact) mass is 396 g/mol. The largest absolute Gasteiger partial charge is 0.477 e. The molecule has 0 saturated carbocycles. The van der Waals surface area contributed by atoms with Crippen molar-refractivity contribution in [3.05, 3.63) is 30.8 Å². The predicted molar refractivity (Wildman–Crippen MR) is 79.9 cm³/mol. The van der Waals surface area contributed by atoms with Crippen LogP contribution >= 0.6 is 38.6 Å². The number of aromatic nitrogens is 1. The van der Waals surface area contributed by atoms with E-state index in [0.29, 0.717) is 0 Å². The molecule has 2 heterocycles. The molecular formula is C10H9BrN2O4S3. The van der Waals surface area contributed by atoms with Crippen molar-refractivity contribution in [3.63, 3.8) is 0 Å². The molecule has 0 aliphatic heterocycles. The Morgan fingerprint density at radius 1 is 1.50 bits per heavy atom. The number of hydrogen-bond donors (Lipinski definition) is 2. The summed E-state index contributed by atoms with van der Waals surface area (Å²) in [6.07, 6.45) is 1.61. The van der Waals surface area contributed by atoms with Crippen molar-refractivity contribution in [3.8, 4) is 0 Å². The lowest BCUT2D eigenvalue weighted by Gasteiger charge is -2.03. The van der Waals surface area contributed by atoms with E-state index in [1.165, 1.54) is 11.3 Å². The van der Waals surface area contributed by atoms with Crippen molar-refractivity contribution < 1.29 is 18.3 Å². The molecule has 0 unspecified atom stereocenters. The third-order valence-electron chi connectivity index (χ3n) is 2.26. The minimum atomic E-state index is -3.76. The minimum Gasteiger partial charge on any atom is -0.477 e. The fourth-order valence-electron chi connectivity index (χ4n) is 1.37. The van der Waals surface area contributed by atoms with E-state index < -0.39 is 16.0 Å². The lowest BCUT2D eigenvalue weighted by atomic mass is 10.5. The van der Waals surface area contributed by atoms with E-state index in [1.54, 1.807) is 6.20 Å². The van der Waals surface area contributed by atoms with E-state index in [2.05, 4.69) is 25.6 Å². The molecule has 108 valence electrons. The van der Waals surface area contributed by atoms with Crippen LogP contribution in [0.5, 0.6) is 0 Å². The number of aromatic carboxylic acids is 1. The number of aryl methyl sites for hydroxylation is 1. The van der Waals surface area contributed by atoms with Crippen LogP contribution in [0.3, 0.4) is 0 Å². The van der Waals surface area contributed by atoms with E-state index in [1.807, 2.05) is 6.92 Å². The summed E-state index contributed by atoms with van der Waals surface area (Å²) >= 11 is 5.34. The highest BCUT2D eigenvalue weighted by Crippen LogP contribution is 2.31. The van der Waals surface area contributed by atoms with Gasteiger partial charge in [-0.1, -0.05) is 0 Å². The van der Waals surface area contributed by atoms with Crippen LogP contribution in [0.4, 0.5) is 0 Å².